The molecule has 19 heavy (non-hydrogen) atoms. The Morgan fingerprint density at radius 3 is 3.05 bits per heavy atom. The lowest BCUT2D eigenvalue weighted by atomic mass is 9.89. The summed E-state index contributed by atoms with van der Waals surface area (Å²) in [7, 11) is 0. The molecule has 3 nitrogen and oxygen atoms in total. The van der Waals surface area contributed by atoms with Crippen LogP contribution in [0.1, 0.15) is 38.7 Å². The van der Waals surface area contributed by atoms with Gasteiger partial charge >= 0.3 is 0 Å². The first-order valence-corrected chi connectivity index (χ1v) is 6.66. The maximum absolute atomic E-state index is 13.1. The summed E-state index contributed by atoms with van der Waals surface area (Å²) < 4.78 is 18.9. The van der Waals surface area contributed by atoms with Crippen molar-refractivity contribution in [1.82, 2.24) is 0 Å². The zero-order valence-electron chi connectivity index (χ0n) is 11.4. The summed E-state index contributed by atoms with van der Waals surface area (Å²) in [6.07, 6.45) is 2.75. The lowest BCUT2D eigenvalue weighted by molar-refractivity contribution is -0.0708. The van der Waals surface area contributed by atoms with Crippen molar-refractivity contribution in [3.8, 4) is 6.07 Å². The van der Waals surface area contributed by atoms with E-state index < -0.39 is 0 Å². The van der Waals surface area contributed by atoms with Crippen molar-refractivity contribution in [3.05, 3.63) is 29.6 Å². The summed E-state index contributed by atoms with van der Waals surface area (Å²) in [6.45, 7) is 4.93. The van der Waals surface area contributed by atoms with Crippen molar-refractivity contribution in [1.29, 1.82) is 5.26 Å². The molecule has 2 unspecified atom stereocenters. The number of halogens is 1. The molecule has 0 aromatic heterocycles. The van der Waals surface area contributed by atoms with Crippen molar-refractivity contribution in [3.63, 3.8) is 0 Å². The van der Waals surface area contributed by atoms with E-state index in [2.05, 4.69) is 19.2 Å². The highest BCUT2D eigenvalue weighted by Gasteiger charge is 2.31. The maximum Gasteiger partial charge on any atom is 0.124 e. The van der Waals surface area contributed by atoms with Crippen molar-refractivity contribution in [2.24, 2.45) is 0 Å². The van der Waals surface area contributed by atoms with Crippen LogP contribution in [0.25, 0.3) is 0 Å². The average molecular weight is 262 g/mol. The predicted octanol–water partition coefficient (Wildman–Crippen LogP) is 3.46. The van der Waals surface area contributed by atoms with E-state index in [0.717, 1.165) is 19.3 Å². The van der Waals surface area contributed by atoms with Crippen LogP contribution in [-0.2, 0) is 4.74 Å². The van der Waals surface area contributed by atoms with Crippen LogP contribution >= 0.6 is 0 Å². The molecule has 1 aromatic carbocycles. The highest BCUT2D eigenvalue weighted by molar-refractivity contribution is 5.58. The average Bonchev–Trinajstić information content (AvgIpc) is 2.41. The number of hydrogen-bond donors (Lipinski definition) is 1. The fourth-order valence-electron chi connectivity index (χ4n) is 2.45. The summed E-state index contributed by atoms with van der Waals surface area (Å²) in [5.74, 6) is -0.382. The Morgan fingerprint density at radius 2 is 2.37 bits per heavy atom. The molecule has 1 aliphatic rings. The number of benzene rings is 1. The first-order valence-electron chi connectivity index (χ1n) is 6.66. The summed E-state index contributed by atoms with van der Waals surface area (Å²) in [6, 6.07) is 6.56. The third-order valence-electron chi connectivity index (χ3n) is 3.80. The van der Waals surface area contributed by atoms with Crippen molar-refractivity contribution in [2.75, 3.05) is 11.9 Å². The van der Waals surface area contributed by atoms with Gasteiger partial charge in [-0.05, 0) is 44.4 Å². The Bertz CT molecular complexity index is 497. The summed E-state index contributed by atoms with van der Waals surface area (Å²) >= 11 is 0. The van der Waals surface area contributed by atoms with Crippen LogP contribution in [0.15, 0.2) is 18.2 Å². The second kappa shape index (κ2) is 5.58. The van der Waals surface area contributed by atoms with Crippen molar-refractivity contribution < 1.29 is 9.13 Å². The molecule has 2 rings (SSSR count). The molecule has 0 aliphatic carbocycles. The van der Waals surface area contributed by atoms with Gasteiger partial charge in [0.1, 0.15) is 11.9 Å². The van der Waals surface area contributed by atoms with E-state index in [4.69, 9.17) is 10.00 Å². The first kappa shape index (κ1) is 13.8. The molecule has 0 amide bonds. The van der Waals surface area contributed by atoms with Crippen LogP contribution in [0.4, 0.5) is 10.1 Å². The number of nitrogens with one attached hydrogen (secondary N) is 1. The Balaban J connectivity index is 2.11. The molecule has 0 bridgehead atoms. The molecular weight excluding hydrogens is 243 g/mol. The summed E-state index contributed by atoms with van der Waals surface area (Å²) in [5, 5.41) is 12.4. The second-order valence-corrected chi connectivity index (χ2v) is 5.29. The highest BCUT2D eigenvalue weighted by atomic mass is 19.1. The Labute approximate surface area is 113 Å². The zero-order valence-corrected chi connectivity index (χ0v) is 11.4. The van der Waals surface area contributed by atoms with E-state index in [1.807, 2.05) is 6.07 Å². The highest BCUT2D eigenvalue weighted by Crippen LogP contribution is 2.30. The van der Waals surface area contributed by atoms with Crippen molar-refractivity contribution in [2.45, 2.75) is 44.8 Å². The molecule has 102 valence electrons. The molecule has 1 aliphatic heterocycles. The molecule has 1 aromatic rings. The van der Waals surface area contributed by atoms with Gasteiger partial charge in [0.25, 0.3) is 0 Å². The van der Waals surface area contributed by atoms with E-state index in [1.54, 1.807) is 6.07 Å². The number of nitrogens with zero attached hydrogens (tertiary/aromatic N) is 1. The van der Waals surface area contributed by atoms with E-state index >= 15 is 0 Å². The smallest absolute Gasteiger partial charge is 0.124 e. The zero-order chi connectivity index (χ0) is 13.9. The minimum absolute atomic E-state index is 0.108. The minimum atomic E-state index is -0.382. The number of rotatable bonds is 3. The minimum Gasteiger partial charge on any atom is -0.381 e. The van der Waals surface area contributed by atoms with Gasteiger partial charge in [-0.2, -0.15) is 5.26 Å². The van der Waals surface area contributed by atoms with Gasteiger partial charge in [-0.3, -0.25) is 0 Å². The molecule has 4 heteroatoms. The van der Waals surface area contributed by atoms with E-state index in [9.17, 15) is 4.39 Å². The van der Waals surface area contributed by atoms with Crippen molar-refractivity contribution >= 4 is 5.69 Å². The SMILES string of the molecule is CCC1(C)CC(Nc2ccc(F)cc2C#N)CCO1. The third kappa shape index (κ3) is 3.24. The van der Waals surface area contributed by atoms with E-state index in [-0.39, 0.29) is 17.5 Å². The fraction of sp³-hybridized carbons (Fsp3) is 0.533. The van der Waals surface area contributed by atoms with Gasteiger partial charge in [-0.25, -0.2) is 4.39 Å². The molecule has 1 saturated heterocycles. The normalized spacial score (nSPS) is 26.7. The second-order valence-electron chi connectivity index (χ2n) is 5.29. The molecule has 1 fully saturated rings. The fourth-order valence-corrected chi connectivity index (χ4v) is 2.45. The van der Waals surface area contributed by atoms with Crippen LogP contribution in [0.3, 0.4) is 0 Å². The van der Waals surface area contributed by atoms with Crippen LogP contribution < -0.4 is 5.32 Å². The first-order chi connectivity index (χ1) is 9.06. The van der Waals surface area contributed by atoms with Crippen LogP contribution in [0.5, 0.6) is 0 Å². The van der Waals surface area contributed by atoms with Gasteiger partial charge in [0.15, 0.2) is 0 Å². The topological polar surface area (TPSA) is 45.0 Å². The number of nitriles is 1. The summed E-state index contributed by atoms with van der Waals surface area (Å²) in [4.78, 5) is 0. The Morgan fingerprint density at radius 1 is 1.58 bits per heavy atom. The monoisotopic (exact) mass is 262 g/mol. The van der Waals surface area contributed by atoms with Crippen LogP contribution in [-0.4, -0.2) is 18.2 Å². The standard InChI is InChI=1S/C15H19FN2O/c1-3-15(2)9-13(6-7-19-15)18-14-5-4-12(16)8-11(14)10-17/h4-5,8,13,18H,3,6-7,9H2,1-2H3. The molecule has 1 heterocycles. The molecule has 0 spiro atoms. The largest absolute Gasteiger partial charge is 0.381 e. The Kier molecular flexibility index (Phi) is 4.06. The molecule has 2 atom stereocenters. The summed E-state index contributed by atoms with van der Waals surface area (Å²) in [5.41, 5.74) is 0.946. The van der Waals surface area contributed by atoms with Gasteiger partial charge in [-0.15, -0.1) is 0 Å². The molecule has 1 N–H and O–H groups in total. The Hall–Kier alpha value is -1.60. The lowest BCUT2D eigenvalue weighted by Crippen LogP contribution is -2.41. The molecule has 0 saturated carbocycles. The molecular formula is C15H19FN2O. The maximum atomic E-state index is 13.1. The molecule has 0 radical (unpaired) electrons. The lowest BCUT2D eigenvalue weighted by Gasteiger charge is -2.38. The van der Waals surface area contributed by atoms with Crippen LogP contribution in [0.2, 0.25) is 0 Å². The van der Waals surface area contributed by atoms with Gasteiger partial charge in [0.2, 0.25) is 0 Å². The van der Waals surface area contributed by atoms with Gasteiger partial charge in [0.05, 0.1) is 16.9 Å². The van der Waals surface area contributed by atoms with Gasteiger partial charge in [0, 0.05) is 12.6 Å². The van der Waals surface area contributed by atoms with E-state index in [0.29, 0.717) is 17.9 Å². The van der Waals surface area contributed by atoms with E-state index in [1.165, 1.54) is 12.1 Å². The number of ether oxygens (including phenoxy) is 1. The number of anilines is 1. The number of hydrogen-bond acceptors (Lipinski definition) is 3. The predicted molar refractivity (Wildman–Crippen MR) is 72.4 cm³/mol. The van der Waals surface area contributed by atoms with Gasteiger partial charge < -0.3 is 10.1 Å². The third-order valence-corrected chi connectivity index (χ3v) is 3.80. The van der Waals surface area contributed by atoms with Crippen LogP contribution in [0, 0.1) is 17.1 Å². The van der Waals surface area contributed by atoms with Gasteiger partial charge in [-0.1, -0.05) is 6.92 Å². The quantitative estimate of drug-likeness (QED) is 0.907.